The van der Waals surface area contributed by atoms with E-state index in [1.807, 2.05) is 42.5 Å². The minimum atomic E-state index is -0.331. The summed E-state index contributed by atoms with van der Waals surface area (Å²) in [5.74, 6) is 0. The zero-order chi connectivity index (χ0) is 10.5. The highest BCUT2D eigenvalue weighted by Crippen LogP contribution is 2.13. The van der Waals surface area contributed by atoms with Crippen LogP contribution in [0.25, 0.3) is 6.08 Å². The molecule has 0 aliphatic carbocycles. The molecule has 0 aromatic heterocycles. The lowest BCUT2D eigenvalue weighted by Crippen LogP contribution is -2.15. The maximum atomic E-state index is 8.84. The summed E-state index contributed by atoms with van der Waals surface area (Å²) in [4.78, 5) is 0. The van der Waals surface area contributed by atoms with Crippen LogP contribution < -0.4 is 0 Å². The highest BCUT2D eigenvalue weighted by molar-refractivity contribution is 5.48. The van der Waals surface area contributed by atoms with E-state index >= 15 is 0 Å². The summed E-state index contributed by atoms with van der Waals surface area (Å²) in [6.07, 6.45) is 3.29. The Kier molecular flexibility index (Phi) is 3.50. The van der Waals surface area contributed by atoms with E-state index in [0.717, 1.165) is 5.56 Å². The van der Waals surface area contributed by atoms with Gasteiger partial charge >= 0.3 is 0 Å². The largest absolute Gasteiger partial charge is 0.394 e. The second kappa shape index (κ2) is 5.07. The van der Waals surface area contributed by atoms with Gasteiger partial charge < -0.3 is 14.6 Å². The summed E-state index contributed by atoms with van der Waals surface area (Å²) in [6.45, 7) is 0.468. The van der Waals surface area contributed by atoms with Crippen LogP contribution in [0.5, 0.6) is 0 Å². The molecule has 1 fully saturated rings. The fraction of sp³-hybridized carbons (Fsp3) is 0.333. The highest BCUT2D eigenvalue weighted by Gasteiger charge is 2.22. The third-order valence-electron chi connectivity index (χ3n) is 2.22. The van der Waals surface area contributed by atoms with Crippen LogP contribution in [0.4, 0.5) is 0 Å². The summed E-state index contributed by atoms with van der Waals surface area (Å²) in [7, 11) is 0. The Labute approximate surface area is 88.9 Å². The molecule has 3 nitrogen and oxygen atoms in total. The van der Waals surface area contributed by atoms with E-state index in [2.05, 4.69) is 0 Å². The van der Waals surface area contributed by atoms with Gasteiger partial charge in [-0.05, 0) is 11.6 Å². The first-order valence-electron chi connectivity index (χ1n) is 4.99. The van der Waals surface area contributed by atoms with Crippen molar-refractivity contribution in [2.24, 2.45) is 0 Å². The monoisotopic (exact) mass is 206 g/mol. The molecule has 1 aliphatic heterocycles. The van der Waals surface area contributed by atoms with E-state index in [4.69, 9.17) is 14.6 Å². The number of aliphatic hydroxyl groups excluding tert-OH is 1. The third kappa shape index (κ3) is 2.89. The van der Waals surface area contributed by atoms with Crippen molar-refractivity contribution in [1.29, 1.82) is 0 Å². The number of aliphatic hydroxyl groups is 1. The van der Waals surface area contributed by atoms with Gasteiger partial charge in [0.05, 0.1) is 13.2 Å². The van der Waals surface area contributed by atoms with Crippen molar-refractivity contribution in [3.8, 4) is 0 Å². The molecule has 1 aromatic rings. The van der Waals surface area contributed by atoms with E-state index < -0.39 is 0 Å². The Morgan fingerprint density at radius 2 is 2.13 bits per heavy atom. The summed E-state index contributed by atoms with van der Waals surface area (Å²) < 4.78 is 10.7. The molecular weight excluding hydrogens is 192 g/mol. The molecule has 2 rings (SSSR count). The van der Waals surface area contributed by atoms with Crippen molar-refractivity contribution in [3.05, 3.63) is 42.0 Å². The van der Waals surface area contributed by atoms with Gasteiger partial charge in [0.15, 0.2) is 6.29 Å². The van der Waals surface area contributed by atoms with Crippen molar-refractivity contribution < 1.29 is 14.6 Å². The van der Waals surface area contributed by atoms with Crippen LogP contribution in [-0.4, -0.2) is 30.7 Å². The third-order valence-corrected chi connectivity index (χ3v) is 2.22. The van der Waals surface area contributed by atoms with Crippen LogP contribution in [0.3, 0.4) is 0 Å². The number of hydrogen-bond acceptors (Lipinski definition) is 3. The fourth-order valence-corrected chi connectivity index (χ4v) is 1.42. The van der Waals surface area contributed by atoms with Gasteiger partial charge in [-0.1, -0.05) is 36.4 Å². The predicted octanol–water partition coefficient (Wildman–Crippen LogP) is 1.43. The summed E-state index contributed by atoms with van der Waals surface area (Å²) >= 11 is 0. The lowest BCUT2D eigenvalue weighted by atomic mass is 10.2. The van der Waals surface area contributed by atoms with E-state index in [9.17, 15) is 0 Å². The SMILES string of the molecule is OC[C@H]1CO[C@H](/C=C/c2ccccc2)O1. The zero-order valence-electron chi connectivity index (χ0n) is 8.37. The van der Waals surface area contributed by atoms with Crippen LogP contribution >= 0.6 is 0 Å². The molecule has 1 aliphatic rings. The molecular formula is C12H14O3. The standard InChI is InChI=1S/C12H14O3/c13-8-11-9-14-12(15-11)7-6-10-4-2-1-3-5-10/h1-7,11-13H,8-9H2/b7-6+/t11-,12-/m0/s1. The molecule has 0 bridgehead atoms. The van der Waals surface area contributed by atoms with Crippen molar-refractivity contribution in [2.75, 3.05) is 13.2 Å². The van der Waals surface area contributed by atoms with Gasteiger partial charge in [-0.3, -0.25) is 0 Å². The second-order valence-corrected chi connectivity index (χ2v) is 3.41. The summed E-state index contributed by atoms with van der Waals surface area (Å²) in [6, 6.07) is 9.95. The minimum Gasteiger partial charge on any atom is -0.394 e. The Morgan fingerprint density at radius 1 is 1.33 bits per heavy atom. The normalized spacial score (nSPS) is 26.2. The molecule has 1 N–H and O–H groups in total. The van der Waals surface area contributed by atoms with Gasteiger partial charge in [-0.15, -0.1) is 0 Å². The molecule has 15 heavy (non-hydrogen) atoms. The zero-order valence-corrected chi connectivity index (χ0v) is 8.37. The predicted molar refractivity (Wildman–Crippen MR) is 57.2 cm³/mol. The highest BCUT2D eigenvalue weighted by atomic mass is 16.7. The first kappa shape index (κ1) is 10.4. The van der Waals surface area contributed by atoms with Crippen molar-refractivity contribution in [2.45, 2.75) is 12.4 Å². The summed E-state index contributed by atoms with van der Waals surface area (Å²) in [5.41, 5.74) is 1.11. The lowest BCUT2D eigenvalue weighted by Gasteiger charge is -2.04. The molecule has 0 amide bonds. The molecule has 0 unspecified atom stereocenters. The first-order chi connectivity index (χ1) is 7.38. The van der Waals surface area contributed by atoms with E-state index in [1.165, 1.54) is 0 Å². The van der Waals surface area contributed by atoms with Crippen LogP contribution in [0.1, 0.15) is 5.56 Å². The van der Waals surface area contributed by atoms with Crippen molar-refractivity contribution in [3.63, 3.8) is 0 Å². The van der Waals surface area contributed by atoms with Gasteiger partial charge in [0.25, 0.3) is 0 Å². The molecule has 0 spiro atoms. The molecule has 1 aromatic carbocycles. The maximum absolute atomic E-state index is 8.84. The number of rotatable bonds is 3. The quantitative estimate of drug-likeness (QED) is 0.813. The van der Waals surface area contributed by atoms with E-state index in [-0.39, 0.29) is 19.0 Å². The van der Waals surface area contributed by atoms with Crippen molar-refractivity contribution >= 4 is 6.08 Å². The maximum Gasteiger partial charge on any atom is 0.177 e. The Bertz CT molecular complexity index is 321. The van der Waals surface area contributed by atoms with Crippen LogP contribution in [0.15, 0.2) is 36.4 Å². The molecule has 80 valence electrons. The smallest absolute Gasteiger partial charge is 0.177 e. The average Bonchev–Trinajstić information content (AvgIpc) is 2.76. The Hall–Kier alpha value is -1.16. The minimum absolute atomic E-state index is 0.00960. The van der Waals surface area contributed by atoms with Crippen molar-refractivity contribution in [1.82, 2.24) is 0 Å². The fourth-order valence-electron chi connectivity index (χ4n) is 1.42. The van der Waals surface area contributed by atoms with E-state index in [0.29, 0.717) is 6.61 Å². The first-order valence-corrected chi connectivity index (χ1v) is 4.99. The van der Waals surface area contributed by atoms with Gasteiger partial charge in [-0.2, -0.15) is 0 Å². The van der Waals surface area contributed by atoms with Gasteiger partial charge in [-0.25, -0.2) is 0 Å². The van der Waals surface area contributed by atoms with E-state index in [1.54, 1.807) is 0 Å². The molecule has 1 saturated heterocycles. The number of benzene rings is 1. The Morgan fingerprint density at radius 3 is 2.80 bits per heavy atom. The van der Waals surface area contributed by atoms with Crippen LogP contribution in [0, 0.1) is 0 Å². The lowest BCUT2D eigenvalue weighted by molar-refractivity contribution is -0.0293. The molecule has 0 saturated carbocycles. The Balaban J connectivity index is 1.90. The second-order valence-electron chi connectivity index (χ2n) is 3.41. The summed E-state index contributed by atoms with van der Waals surface area (Å²) in [5, 5.41) is 8.84. The van der Waals surface area contributed by atoms with Gasteiger partial charge in [0.2, 0.25) is 0 Å². The molecule has 2 atom stereocenters. The van der Waals surface area contributed by atoms with Crippen LogP contribution in [0.2, 0.25) is 0 Å². The number of ether oxygens (including phenoxy) is 2. The van der Waals surface area contributed by atoms with Gasteiger partial charge in [0.1, 0.15) is 6.10 Å². The van der Waals surface area contributed by atoms with Crippen LogP contribution in [-0.2, 0) is 9.47 Å². The van der Waals surface area contributed by atoms with Gasteiger partial charge in [0, 0.05) is 0 Å². The molecule has 0 radical (unpaired) electrons. The topological polar surface area (TPSA) is 38.7 Å². The molecule has 3 heteroatoms. The average molecular weight is 206 g/mol. The molecule has 1 heterocycles. The number of hydrogen-bond donors (Lipinski definition) is 1.